The second-order valence-corrected chi connectivity index (χ2v) is 6.40. The molecule has 1 heterocycles. The molecule has 0 saturated heterocycles. The van der Waals surface area contributed by atoms with E-state index in [-0.39, 0.29) is 0 Å². The van der Waals surface area contributed by atoms with E-state index in [4.69, 9.17) is 0 Å². The van der Waals surface area contributed by atoms with Crippen LogP contribution in [0.15, 0.2) is 6.07 Å². The van der Waals surface area contributed by atoms with Crippen LogP contribution in [-0.4, -0.2) is 22.9 Å². The fourth-order valence-corrected chi connectivity index (χ4v) is 3.73. The van der Waals surface area contributed by atoms with Crippen molar-refractivity contribution in [3.8, 4) is 0 Å². The first-order valence-corrected chi connectivity index (χ1v) is 8.36. The summed E-state index contributed by atoms with van der Waals surface area (Å²) in [6, 6.07) is 2.88. The highest BCUT2D eigenvalue weighted by molar-refractivity contribution is 5.12. The SMILES string of the molecule is CCc1cc(CC(NC)C2CCCC(CC)C2)n(C)n1. The molecule has 3 unspecified atom stereocenters. The highest BCUT2D eigenvalue weighted by atomic mass is 15.3. The first-order chi connectivity index (χ1) is 9.67. The van der Waals surface area contributed by atoms with Crippen LogP contribution in [0.2, 0.25) is 0 Å². The Balaban J connectivity index is 2.02. The second kappa shape index (κ2) is 7.26. The van der Waals surface area contributed by atoms with Gasteiger partial charge in [-0.2, -0.15) is 5.10 Å². The largest absolute Gasteiger partial charge is 0.316 e. The zero-order valence-corrected chi connectivity index (χ0v) is 13.7. The van der Waals surface area contributed by atoms with Crippen LogP contribution in [0.5, 0.6) is 0 Å². The van der Waals surface area contributed by atoms with E-state index in [9.17, 15) is 0 Å². The number of nitrogens with zero attached hydrogens (tertiary/aromatic N) is 2. The molecular formula is C17H31N3. The van der Waals surface area contributed by atoms with Crippen molar-refractivity contribution in [2.45, 2.75) is 64.8 Å². The quantitative estimate of drug-likeness (QED) is 0.864. The van der Waals surface area contributed by atoms with Crippen molar-refractivity contribution < 1.29 is 0 Å². The van der Waals surface area contributed by atoms with Crippen molar-refractivity contribution in [2.24, 2.45) is 18.9 Å². The molecule has 20 heavy (non-hydrogen) atoms. The summed E-state index contributed by atoms with van der Waals surface area (Å²) >= 11 is 0. The molecule has 0 spiro atoms. The molecule has 3 atom stereocenters. The number of aromatic nitrogens is 2. The van der Waals surface area contributed by atoms with E-state index in [0.717, 1.165) is 24.7 Å². The Kier molecular flexibility index (Phi) is 5.64. The van der Waals surface area contributed by atoms with Crippen LogP contribution in [0.3, 0.4) is 0 Å². The number of aryl methyl sites for hydroxylation is 2. The standard InChI is InChI=1S/C17H31N3/c1-5-13-8-7-9-14(10-13)17(18-3)12-16-11-15(6-2)19-20(16)4/h11,13-14,17-18H,5-10,12H2,1-4H3. The Morgan fingerprint density at radius 1 is 1.40 bits per heavy atom. The van der Waals surface area contributed by atoms with Gasteiger partial charge < -0.3 is 5.32 Å². The monoisotopic (exact) mass is 277 g/mol. The van der Waals surface area contributed by atoms with Gasteiger partial charge in [-0.1, -0.05) is 33.1 Å². The first-order valence-electron chi connectivity index (χ1n) is 8.36. The number of hydrogen-bond donors (Lipinski definition) is 1. The number of rotatable bonds is 6. The molecule has 1 N–H and O–H groups in total. The van der Waals surface area contributed by atoms with E-state index in [1.807, 2.05) is 0 Å². The molecule has 114 valence electrons. The maximum atomic E-state index is 4.58. The van der Waals surface area contributed by atoms with Crippen molar-refractivity contribution in [1.82, 2.24) is 15.1 Å². The van der Waals surface area contributed by atoms with Gasteiger partial charge in [-0.3, -0.25) is 4.68 Å². The third-order valence-corrected chi connectivity index (χ3v) is 5.16. The highest BCUT2D eigenvalue weighted by Crippen LogP contribution is 2.33. The lowest BCUT2D eigenvalue weighted by Gasteiger charge is -2.34. The molecule has 3 nitrogen and oxygen atoms in total. The molecule has 1 aromatic rings. The average molecular weight is 277 g/mol. The highest BCUT2D eigenvalue weighted by Gasteiger charge is 2.27. The topological polar surface area (TPSA) is 29.9 Å². The molecule has 3 heteroatoms. The minimum Gasteiger partial charge on any atom is -0.316 e. The first kappa shape index (κ1) is 15.6. The minimum atomic E-state index is 0.601. The third-order valence-electron chi connectivity index (χ3n) is 5.16. The average Bonchev–Trinajstić information content (AvgIpc) is 2.85. The Morgan fingerprint density at radius 2 is 2.20 bits per heavy atom. The molecule has 1 fully saturated rings. The van der Waals surface area contributed by atoms with Crippen molar-refractivity contribution in [1.29, 1.82) is 0 Å². The van der Waals surface area contributed by atoms with Gasteiger partial charge in [0.1, 0.15) is 0 Å². The Hall–Kier alpha value is -0.830. The summed E-state index contributed by atoms with van der Waals surface area (Å²) in [6.45, 7) is 4.52. The van der Waals surface area contributed by atoms with Crippen LogP contribution in [0.25, 0.3) is 0 Å². The molecule has 1 aliphatic carbocycles. The zero-order chi connectivity index (χ0) is 14.5. The van der Waals surface area contributed by atoms with E-state index in [1.54, 1.807) is 0 Å². The van der Waals surface area contributed by atoms with Crippen molar-refractivity contribution >= 4 is 0 Å². The third kappa shape index (κ3) is 3.63. The molecule has 0 amide bonds. The molecule has 0 radical (unpaired) electrons. The predicted molar refractivity (Wildman–Crippen MR) is 84.9 cm³/mol. The summed E-state index contributed by atoms with van der Waals surface area (Å²) in [7, 11) is 4.20. The van der Waals surface area contributed by atoms with E-state index in [1.165, 1.54) is 43.5 Å². The lowest BCUT2D eigenvalue weighted by Crippen LogP contribution is -2.38. The zero-order valence-electron chi connectivity index (χ0n) is 13.7. The summed E-state index contributed by atoms with van der Waals surface area (Å²) in [4.78, 5) is 0. The van der Waals surface area contributed by atoms with Gasteiger partial charge in [0.2, 0.25) is 0 Å². The Bertz CT molecular complexity index is 410. The van der Waals surface area contributed by atoms with E-state index >= 15 is 0 Å². The lowest BCUT2D eigenvalue weighted by atomic mass is 9.76. The normalized spacial score (nSPS) is 24.8. The van der Waals surface area contributed by atoms with Gasteiger partial charge in [0, 0.05) is 25.2 Å². The second-order valence-electron chi connectivity index (χ2n) is 6.40. The van der Waals surface area contributed by atoms with Crippen molar-refractivity contribution in [3.05, 3.63) is 17.5 Å². The van der Waals surface area contributed by atoms with Crippen LogP contribution in [0, 0.1) is 11.8 Å². The molecular weight excluding hydrogens is 246 g/mol. The van der Waals surface area contributed by atoms with Gasteiger partial charge in [-0.25, -0.2) is 0 Å². The maximum Gasteiger partial charge on any atom is 0.0624 e. The number of hydrogen-bond acceptors (Lipinski definition) is 2. The van der Waals surface area contributed by atoms with Crippen LogP contribution in [0.1, 0.15) is 57.3 Å². The number of nitrogens with one attached hydrogen (secondary N) is 1. The Morgan fingerprint density at radius 3 is 2.80 bits per heavy atom. The minimum absolute atomic E-state index is 0.601. The lowest BCUT2D eigenvalue weighted by molar-refractivity contribution is 0.211. The molecule has 1 aliphatic rings. The van der Waals surface area contributed by atoms with Crippen LogP contribution < -0.4 is 5.32 Å². The van der Waals surface area contributed by atoms with E-state index in [2.05, 4.69) is 49.1 Å². The fourth-order valence-electron chi connectivity index (χ4n) is 3.73. The van der Waals surface area contributed by atoms with Gasteiger partial charge in [-0.05, 0) is 44.2 Å². The summed E-state index contributed by atoms with van der Waals surface area (Å²) in [5.41, 5.74) is 2.59. The molecule has 0 aromatic carbocycles. The molecule has 0 aliphatic heterocycles. The van der Waals surface area contributed by atoms with Crippen LogP contribution >= 0.6 is 0 Å². The Labute approximate surface area is 124 Å². The van der Waals surface area contributed by atoms with Crippen LogP contribution in [-0.2, 0) is 19.9 Å². The molecule has 1 saturated carbocycles. The van der Waals surface area contributed by atoms with Gasteiger partial charge in [0.15, 0.2) is 0 Å². The summed E-state index contributed by atoms with van der Waals surface area (Å²) in [5.74, 6) is 1.78. The van der Waals surface area contributed by atoms with Gasteiger partial charge >= 0.3 is 0 Å². The smallest absolute Gasteiger partial charge is 0.0624 e. The molecule has 2 rings (SSSR count). The van der Waals surface area contributed by atoms with Gasteiger partial charge in [0.25, 0.3) is 0 Å². The fraction of sp³-hybridized carbons (Fsp3) is 0.824. The summed E-state index contributed by atoms with van der Waals surface area (Å²) in [6.07, 6.45) is 9.13. The summed E-state index contributed by atoms with van der Waals surface area (Å²) < 4.78 is 2.07. The van der Waals surface area contributed by atoms with E-state index in [0.29, 0.717) is 6.04 Å². The van der Waals surface area contributed by atoms with Crippen LogP contribution in [0.4, 0.5) is 0 Å². The predicted octanol–water partition coefficient (Wildman–Crippen LogP) is 3.33. The summed E-state index contributed by atoms with van der Waals surface area (Å²) in [5, 5.41) is 8.16. The number of likely N-dealkylation sites (N-methyl/N-ethyl adjacent to an activating group) is 1. The van der Waals surface area contributed by atoms with Gasteiger partial charge in [0.05, 0.1) is 5.69 Å². The van der Waals surface area contributed by atoms with Gasteiger partial charge in [-0.15, -0.1) is 0 Å². The maximum absolute atomic E-state index is 4.58. The van der Waals surface area contributed by atoms with Crippen molar-refractivity contribution in [3.63, 3.8) is 0 Å². The molecule has 0 bridgehead atoms. The van der Waals surface area contributed by atoms with E-state index < -0.39 is 0 Å². The molecule has 1 aromatic heterocycles. The van der Waals surface area contributed by atoms with Crippen molar-refractivity contribution in [2.75, 3.05) is 7.05 Å².